The van der Waals surface area contributed by atoms with Crippen molar-refractivity contribution in [1.82, 2.24) is 9.13 Å². The maximum atomic E-state index is 14.5. The van der Waals surface area contributed by atoms with Gasteiger partial charge in [0.25, 0.3) is 5.56 Å². The molecule has 1 heterocycles. The van der Waals surface area contributed by atoms with Crippen molar-refractivity contribution in [2.75, 3.05) is 13.2 Å². The van der Waals surface area contributed by atoms with Gasteiger partial charge in [0.2, 0.25) is 0 Å². The van der Waals surface area contributed by atoms with Gasteiger partial charge in [-0.15, -0.1) is 0 Å². The number of benzene rings is 1. The molecule has 0 aliphatic carbocycles. The molecule has 0 radical (unpaired) electrons. The minimum atomic E-state index is -3.27. The number of aryl methyl sites for hydroxylation is 1. The molecule has 0 aliphatic heterocycles. The number of rotatable bonds is 9. The first kappa shape index (κ1) is 25.2. The number of carbonyl (C=O) groups is 1. The monoisotopic (exact) mass is 475 g/mol. The zero-order chi connectivity index (χ0) is 24.0. The van der Waals surface area contributed by atoms with Crippen molar-refractivity contribution in [1.29, 1.82) is 0 Å². The summed E-state index contributed by atoms with van der Waals surface area (Å²) in [5.41, 5.74) is -3.11. The fourth-order valence-corrected chi connectivity index (χ4v) is 2.98. The van der Waals surface area contributed by atoms with Crippen LogP contribution in [0.4, 0.5) is 13.2 Å². The Morgan fingerprint density at radius 1 is 1.16 bits per heavy atom. The van der Waals surface area contributed by atoms with Gasteiger partial charge in [-0.05, 0) is 31.9 Å². The Balaban J connectivity index is 2.34. The topological polar surface area (TPSA) is 91.9 Å². The van der Waals surface area contributed by atoms with Gasteiger partial charge in [0.15, 0.2) is 6.61 Å². The molecule has 0 atom stereocenters. The highest BCUT2D eigenvalue weighted by atomic mass is 35.5. The number of aromatic nitrogens is 2. The van der Waals surface area contributed by atoms with Crippen LogP contribution in [0.1, 0.15) is 49.3 Å². The Morgan fingerprint density at radius 3 is 2.41 bits per heavy atom. The minimum absolute atomic E-state index is 0.0200. The zero-order valence-corrected chi connectivity index (χ0v) is 18.3. The molecule has 1 aromatic carbocycles. The summed E-state index contributed by atoms with van der Waals surface area (Å²) in [4.78, 5) is 42.1. The molecule has 0 amide bonds. The molecule has 8 nitrogen and oxygen atoms in total. The smallest absolute Gasteiger partial charge is 0.340 e. The van der Waals surface area contributed by atoms with Gasteiger partial charge in [0.1, 0.15) is 12.4 Å². The number of hydrogen-bond donors (Lipinski definition) is 0. The Labute approximate surface area is 185 Å². The fourth-order valence-electron chi connectivity index (χ4n) is 2.76. The molecule has 0 saturated heterocycles. The molecule has 2 aromatic rings. The molecule has 0 bridgehead atoms. The molecule has 174 valence electrons. The van der Waals surface area contributed by atoms with E-state index in [1.54, 1.807) is 0 Å². The maximum absolute atomic E-state index is 14.5. The molecule has 12 heteroatoms. The molecule has 0 saturated carbocycles. The first-order chi connectivity index (χ1) is 15.1. The van der Waals surface area contributed by atoms with Crippen LogP contribution < -0.4 is 11.2 Å². The van der Waals surface area contributed by atoms with E-state index in [1.807, 2.05) is 13.8 Å². The standard InChI is InChI=1S/C20H21ClF3N3O5/c1-4-12(5-2)25-32-7-6-31-18(29)13-9-16(15(22)10-14(13)21)27-17(28)8-11(3)26(19(23)24)20(27)30/h8-10,19H,4-7H2,1-3H3. The third kappa shape index (κ3) is 5.58. The third-order valence-electron chi connectivity index (χ3n) is 4.44. The highest BCUT2D eigenvalue weighted by molar-refractivity contribution is 6.33. The number of hydrogen-bond acceptors (Lipinski definition) is 6. The second-order valence-corrected chi connectivity index (χ2v) is 6.91. The quantitative estimate of drug-likeness (QED) is 0.238. The summed E-state index contributed by atoms with van der Waals surface area (Å²) >= 11 is 5.90. The lowest BCUT2D eigenvalue weighted by atomic mass is 10.2. The van der Waals surface area contributed by atoms with E-state index in [4.69, 9.17) is 21.2 Å². The lowest BCUT2D eigenvalue weighted by Crippen LogP contribution is -2.40. The van der Waals surface area contributed by atoms with Crippen molar-refractivity contribution in [3.8, 4) is 5.69 Å². The Bertz CT molecular complexity index is 1140. The molecule has 0 aliphatic rings. The first-order valence-corrected chi connectivity index (χ1v) is 9.97. The molecule has 0 fully saturated rings. The Morgan fingerprint density at radius 2 is 1.81 bits per heavy atom. The predicted octanol–water partition coefficient (Wildman–Crippen LogP) is 3.84. The van der Waals surface area contributed by atoms with Gasteiger partial charge in [-0.1, -0.05) is 30.6 Å². The second kappa shape index (κ2) is 11.0. The van der Waals surface area contributed by atoms with Crippen LogP contribution in [0, 0.1) is 12.7 Å². The van der Waals surface area contributed by atoms with Crippen LogP contribution in [0.25, 0.3) is 5.69 Å². The summed E-state index contributed by atoms with van der Waals surface area (Å²) < 4.78 is 46.2. The van der Waals surface area contributed by atoms with E-state index >= 15 is 0 Å². The van der Waals surface area contributed by atoms with Crippen LogP contribution in [-0.2, 0) is 9.57 Å². The van der Waals surface area contributed by atoms with Crippen LogP contribution in [0.2, 0.25) is 5.02 Å². The second-order valence-electron chi connectivity index (χ2n) is 6.51. The summed E-state index contributed by atoms with van der Waals surface area (Å²) in [7, 11) is 0. The van der Waals surface area contributed by atoms with Gasteiger partial charge < -0.3 is 9.57 Å². The normalized spacial score (nSPS) is 10.9. The minimum Gasteiger partial charge on any atom is -0.458 e. The first-order valence-electron chi connectivity index (χ1n) is 9.59. The summed E-state index contributed by atoms with van der Waals surface area (Å²) in [6.45, 7) is 1.42. The van der Waals surface area contributed by atoms with E-state index in [0.29, 0.717) is 18.9 Å². The summed E-state index contributed by atoms with van der Waals surface area (Å²) in [5, 5.41) is 3.52. The molecule has 0 N–H and O–H groups in total. The number of halogens is 4. The maximum Gasteiger partial charge on any atom is 0.340 e. The van der Waals surface area contributed by atoms with Crippen LogP contribution >= 0.6 is 11.6 Å². The van der Waals surface area contributed by atoms with Crippen molar-refractivity contribution in [3.05, 3.63) is 61.1 Å². The van der Waals surface area contributed by atoms with Crippen molar-refractivity contribution < 1.29 is 27.5 Å². The van der Waals surface area contributed by atoms with Gasteiger partial charge in [0.05, 0.1) is 22.0 Å². The van der Waals surface area contributed by atoms with Crippen molar-refractivity contribution in [3.63, 3.8) is 0 Å². The van der Waals surface area contributed by atoms with Gasteiger partial charge >= 0.3 is 18.2 Å². The van der Waals surface area contributed by atoms with Crippen molar-refractivity contribution in [2.45, 2.75) is 40.2 Å². The molecular weight excluding hydrogens is 455 g/mol. The molecule has 0 spiro atoms. The van der Waals surface area contributed by atoms with E-state index in [1.165, 1.54) is 0 Å². The van der Waals surface area contributed by atoms with E-state index < -0.39 is 35.3 Å². The number of nitrogens with zero attached hydrogens (tertiary/aromatic N) is 3. The van der Waals surface area contributed by atoms with Crippen LogP contribution in [-0.4, -0.2) is 34.0 Å². The van der Waals surface area contributed by atoms with E-state index in [2.05, 4.69) is 5.16 Å². The number of oxime groups is 1. The van der Waals surface area contributed by atoms with Gasteiger partial charge in [-0.25, -0.2) is 23.1 Å². The average molecular weight is 476 g/mol. The van der Waals surface area contributed by atoms with Crippen molar-refractivity contribution >= 4 is 23.3 Å². The molecule has 32 heavy (non-hydrogen) atoms. The highest BCUT2D eigenvalue weighted by Gasteiger charge is 2.22. The predicted molar refractivity (Wildman–Crippen MR) is 112 cm³/mol. The van der Waals surface area contributed by atoms with Gasteiger partial charge in [-0.2, -0.15) is 8.78 Å². The van der Waals surface area contributed by atoms with E-state index in [-0.39, 0.29) is 38.6 Å². The van der Waals surface area contributed by atoms with Gasteiger partial charge in [0, 0.05) is 11.8 Å². The van der Waals surface area contributed by atoms with Crippen molar-refractivity contribution in [2.24, 2.45) is 5.16 Å². The summed E-state index contributed by atoms with van der Waals surface area (Å²) in [5.74, 6) is -2.16. The third-order valence-corrected chi connectivity index (χ3v) is 4.75. The van der Waals surface area contributed by atoms with E-state index in [0.717, 1.165) is 24.8 Å². The molecule has 1 aromatic heterocycles. The average Bonchev–Trinajstić information content (AvgIpc) is 2.71. The highest BCUT2D eigenvalue weighted by Crippen LogP contribution is 2.23. The Kier molecular flexibility index (Phi) is 8.64. The zero-order valence-electron chi connectivity index (χ0n) is 17.5. The Hall–Kier alpha value is -3.08. The lowest BCUT2D eigenvalue weighted by Gasteiger charge is -2.14. The van der Waals surface area contributed by atoms with E-state index in [9.17, 15) is 27.6 Å². The number of esters is 1. The van der Waals surface area contributed by atoms with Crippen LogP contribution in [0.15, 0.2) is 32.9 Å². The fraction of sp³-hybridized carbons (Fsp3) is 0.400. The number of ether oxygens (including phenoxy) is 1. The number of alkyl halides is 2. The largest absolute Gasteiger partial charge is 0.458 e. The number of carbonyl (C=O) groups excluding carboxylic acids is 1. The molecule has 2 rings (SSSR count). The lowest BCUT2D eigenvalue weighted by molar-refractivity contribution is 0.0326. The summed E-state index contributed by atoms with van der Waals surface area (Å²) in [6, 6.07) is 2.22. The van der Waals surface area contributed by atoms with Gasteiger partial charge in [-0.3, -0.25) is 4.79 Å². The molecule has 0 unspecified atom stereocenters. The summed E-state index contributed by atoms with van der Waals surface area (Å²) in [6.07, 6.45) is 1.41. The van der Waals surface area contributed by atoms with Crippen LogP contribution in [0.5, 0.6) is 0 Å². The van der Waals surface area contributed by atoms with Crippen LogP contribution in [0.3, 0.4) is 0 Å². The SMILES string of the molecule is CCC(CC)=NOCCOC(=O)c1cc(-n2c(=O)cc(C)n(C(F)F)c2=O)c(F)cc1Cl. The molecular formula is C20H21ClF3N3O5.